The standard InChI is InChI=1S/C10H16S/c1-5-7-10(8-6-2)9(3)11-4/h5,7-8H,3,6H2,1-2,4H3/b7-5-,10-8+. The summed E-state index contributed by atoms with van der Waals surface area (Å²) in [5.41, 5.74) is 1.25. The molecule has 11 heavy (non-hydrogen) atoms. The maximum atomic E-state index is 3.95. The van der Waals surface area contributed by atoms with Crippen LogP contribution in [-0.2, 0) is 0 Å². The highest BCUT2D eigenvalue weighted by Crippen LogP contribution is 2.20. The van der Waals surface area contributed by atoms with E-state index in [-0.39, 0.29) is 0 Å². The van der Waals surface area contributed by atoms with Gasteiger partial charge in [0, 0.05) is 4.91 Å². The van der Waals surface area contributed by atoms with Gasteiger partial charge >= 0.3 is 0 Å². The van der Waals surface area contributed by atoms with Crippen molar-refractivity contribution >= 4 is 11.8 Å². The average Bonchev–Trinajstić information content (AvgIpc) is 2.03. The lowest BCUT2D eigenvalue weighted by Gasteiger charge is -2.01. The van der Waals surface area contributed by atoms with Crippen LogP contribution in [0.5, 0.6) is 0 Å². The number of allylic oxidation sites excluding steroid dienone is 4. The zero-order valence-electron chi connectivity index (χ0n) is 7.55. The third-order valence-electron chi connectivity index (χ3n) is 1.34. The normalized spacial score (nSPS) is 12.5. The fraction of sp³-hybridized carbons (Fsp3) is 0.400. The van der Waals surface area contributed by atoms with Crippen molar-refractivity contribution in [1.82, 2.24) is 0 Å². The van der Waals surface area contributed by atoms with E-state index in [0.29, 0.717) is 0 Å². The molecule has 0 aliphatic rings. The van der Waals surface area contributed by atoms with Crippen LogP contribution >= 0.6 is 11.8 Å². The predicted molar refractivity (Wildman–Crippen MR) is 55.8 cm³/mol. The van der Waals surface area contributed by atoms with Crippen LogP contribution in [0.25, 0.3) is 0 Å². The van der Waals surface area contributed by atoms with Gasteiger partial charge in [-0.05, 0) is 25.2 Å². The van der Waals surface area contributed by atoms with Crippen LogP contribution in [0, 0.1) is 0 Å². The number of hydrogen-bond donors (Lipinski definition) is 0. The second kappa shape index (κ2) is 6.29. The molecular weight excluding hydrogens is 152 g/mol. The SMILES string of the molecule is C=C(SC)C(/C=C\C)=C/CC. The Morgan fingerprint density at radius 2 is 2.18 bits per heavy atom. The molecule has 0 aromatic carbocycles. The van der Waals surface area contributed by atoms with Crippen LogP contribution in [0.1, 0.15) is 20.3 Å². The fourth-order valence-corrected chi connectivity index (χ4v) is 1.18. The van der Waals surface area contributed by atoms with Crippen molar-refractivity contribution in [2.45, 2.75) is 20.3 Å². The van der Waals surface area contributed by atoms with Crippen molar-refractivity contribution in [3.63, 3.8) is 0 Å². The summed E-state index contributed by atoms with van der Waals surface area (Å²) in [5.74, 6) is 0. The highest BCUT2D eigenvalue weighted by atomic mass is 32.2. The van der Waals surface area contributed by atoms with Gasteiger partial charge in [0.25, 0.3) is 0 Å². The van der Waals surface area contributed by atoms with Gasteiger partial charge in [-0.15, -0.1) is 11.8 Å². The zero-order valence-corrected chi connectivity index (χ0v) is 8.37. The first-order chi connectivity index (χ1) is 5.26. The van der Waals surface area contributed by atoms with Crippen LogP contribution in [-0.4, -0.2) is 6.26 Å². The summed E-state index contributed by atoms with van der Waals surface area (Å²) in [7, 11) is 0. The minimum absolute atomic E-state index is 1.07. The molecule has 0 heterocycles. The lowest BCUT2D eigenvalue weighted by molar-refractivity contribution is 1.21. The van der Waals surface area contributed by atoms with Gasteiger partial charge in [-0.25, -0.2) is 0 Å². The summed E-state index contributed by atoms with van der Waals surface area (Å²) in [4.78, 5) is 1.14. The third kappa shape index (κ3) is 4.10. The lowest BCUT2D eigenvalue weighted by atomic mass is 10.2. The molecule has 0 N–H and O–H groups in total. The molecule has 0 bridgehead atoms. The molecule has 62 valence electrons. The highest BCUT2D eigenvalue weighted by Gasteiger charge is 1.94. The molecule has 0 aromatic rings. The molecule has 0 saturated heterocycles. The van der Waals surface area contributed by atoms with Gasteiger partial charge in [0.2, 0.25) is 0 Å². The van der Waals surface area contributed by atoms with Crippen LogP contribution in [0.3, 0.4) is 0 Å². The van der Waals surface area contributed by atoms with Gasteiger partial charge in [-0.1, -0.05) is 31.7 Å². The van der Waals surface area contributed by atoms with Gasteiger partial charge in [0.1, 0.15) is 0 Å². The van der Waals surface area contributed by atoms with Crippen molar-refractivity contribution in [3.05, 3.63) is 35.3 Å². The van der Waals surface area contributed by atoms with Crippen molar-refractivity contribution < 1.29 is 0 Å². The monoisotopic (exact) mass is 168 g/mol. The smallest absolute Gasteiger partial charge is 0.00663 e. The Bertz CT molecular complexity index is 175. The van der Waals surface area contributed by atoms with E-state index < -0.39 is 0 Å². The molecule has 0 unspecified atom stereocenters. The Labute approximate surface area is 74.1 Å². The minimum atomic E-state index is 1.07. The van der Waals surface area contributed by atoms with E-state index in [1.54, 1.807) is 11.8 Å². The van der Waals surface area contributed by atoms with Gasteiger partial charge < -0.3 is 0 Å². The van der Waals surface area contributed by atoms with Crippen molar-refractivity contribution in [2.24, 2.45) is 0 Å². The predicted octanol–water partition coefficient (Wildman–Crippen LogP) is 3.78. The van der Waals surface area contributed by atoms with Gasteiger partial charge in [-0.2, -0.15) is 0 Å². The fourth-order valence-electron chi connectivity index (χ4n) is 0.792. The molecule has 0 nitrogen and oxygen atoms in total. The molecular formula is C10H16S. The molecule has 0 radical (unpaired) electrons. The molecule has 0 aliphatic heterocycles. The Morgan fingerprint density at radius 1 is 1.55 bits per heavy atom. The summed E-state index contributed by atoms with van der Waals surface area (Å²) in [5, 5.41) is 0. The molecule has 0 fully saturated rings. The second-order valence-electron chi connectivity index (χ2n) is 2.20. The first-order valence-electron chi connectivity index (χ1n) is 3.82. The second-order valence-corrected chi connectivity index (χ2v) is 3.10. The van der Waals surface area contributed by atoms with Crippen LogP contribution in [0.15, 0.2) is 35.3 Å². The van der Waals surface area contributed by atoms with E-state index in [1.807, 2.05) is 13.0 Å². The van der Waals surface area contributed by atoms with E-state index in [9.17, 15) is 0 Å². The molecule has 0 aliphatic carbocycles. The van der Waals surface area contributed by atoms with E-state index in [0.717, 1.165) is 11.3 Å². The topological polar surface area (TPSA) is 0 Å². The molecule has 0 saturated carbocycles. The summed E-state index contributed by atoms with van der Waals surface area (Å²) in [6.45, 7) is 8.12. The maximum Gasteiger partial charge on any atom is 0.00663 e. The van der Waals surface area contributed by atoms with Gasteiger partial charge in [0.05, 0.1) is 0 Å². The third-order valence-corrected chi connectivity index (χ3v) is 2.07. The number of thioether (sulfide) groups is 1. The molecule has 1 heteroatoms. The summed E-state index contributed by atoms with van der Waals surface area (Å²) in [6.07, 6.45) is 9.46. The lowest BCUT2D eigenvalue weighted by Crippen LogP contribution is -1.78. The minimum Gasteiger partial charge on any atom is -0.130 e. The van der Waals surface area contributed by atoms with Gasteiger partial charge in [-0.3, -0.25) is 0 Å². The summed E-state index contributed by atoms with van der Waals surface area (Å²) >= 11 is 1.70. The largest absolute Gasteiger partial charge is 0.130 e. The summed E-state index contributed by atoms with van der Waals surface area (Å²) in [6, 6.07) is 0. The van der Waals surface area contributed by atoms with E-state index in [4.69, 9.17) is 0 Å². The first-order valence-corrected chi connectivity index (χ1v) is 5.04. The van der Waals surface area contributed by atoms with Crippen molar-refractivity contribution in [2.75, 3.05) is 6.26 Å². The van der Waals surface area contributed by atoms with Crippen LogP contribution in [0.4, 0.5) is 0 Å². The highest BCUT2D eigenvalue weighted by molar-refractivity contribution is 8.02. The van der Waals surface area contributed by atoms with Crippen LogP contribution in [0.2, 0.25) is 0 Å². The van der Waals surface area contributed by atoms with E-state index in [1.165, 1.54) is 5.57 Å². The zero-order chi connectivity index (χ0) is 8.69. The molecule has 0 rings (SSSR count). The summed E-state index contributed by atoms with van der Waals surface area (Å²) < 4.78 is 0. The Kier molecular flexibility index (Phi) is 6.05. The van der Waals surface area contributed by atoms with E-state index >= 15 is 0 Å². The Hall–Kier alpha value is -0.430. The van der Waals surface area contributed by atoms with Gasteiger partial charge in [0.15, 0.2) is 0 Å². The first kappa shape index (κ1) is 10.6. The molecule has 0 amide bonds. The van der Waals surface area contributed by atoms with Crippen LogP contribution < -0.4 is 0 Å². The molecule has 0 atom stereocenters. The van der Waals surface area contributed by atoms with E-state index in [2.05, 4.69) is 31.9 Å². The Morgan fingerprint density at radius 3 is 2.55 bits per heavy atom. The average molecular weight is 168 g/mol. The quantitative estimate of drug-likeness (QED) is 0.576. The van der Waals surface area contributed by atoms with Crippen molar-refractivity contribution in [3.8, 4) is 0 Å². The molecule has 0 aromatic heterocycles. The maximum absolute atomic E-state index is 3.95. The van der Waals surface area contributed by atoms with Crippen molar-refractivity contribution in [1.29, 1.82) is 0 Å². The number of hydrogen-bond acceptors (Lipinski definition) is 1. The molecule has 0 spiro atoms. The number of rotatable bonds is 4. The Balaban J connectivity index is 4.34.